The zero-order valence-corrected chi connectivity index (χ0v) is 37.0. The fourth-order valence-corrected chi connectivity index (χ4v) is 42.6. The molecule has 45 heavy (non-hydrogen) atoms. The van der Waals surface area contributed by atoms with E-state index >= 15 is 0 Å². The number of allylic oxidation sites excluding steroid dienone is 4. The van der Waals surface area contributed by atoms with Crippen LogP contribution in [0, 0.1) is 0 Å². The average molecular weight is 844 g/mol. The van der Waals surface area contributed by atoms with E-state index in [-0.39, 0.29) is 7.60 Å². The van der Waals surface area contributed by atoms with Crippen LogP contribution < -0.4 is 0 Å². The molecule has 0 amide bonds. The Morgan fingerprint density at radius 1 is 0.422 bits per heavy atom. The molecular formula is C40H78O3Sn2. The summed E-state index contributed by atoms with van der Waals surface area (Å²) >= 11 is -6.66. The fraction of sp³-hybridized carbons (Fsp3) is 0.850. The van der Waals surface area contributed by atoms with Crippen LogP contribution in [0.25, 0.3) is 0 Å². The van der Waals surface area contributed by atoms with Gasteiger partial charge >= 0.3 is 216 Å². The summed E-state index contributed by atoms with van der Waals surface area (Å²) in [5.74, 6) is 0. The summed E-state index contributed by atoms with van der Waals surface area (Å²) in [4.78, 5) is 35.5. The molecule has 0 spiro atoms. The molecule has 0 N–H and O–H groups in total. The van der Waals surface area contributed by atoms with Crippen molar-refractivity contribution in [1.82, 2.24) is 0 Å². The first-order valence-corrected chi connectivity index (χ1v) is 36.3. The van der Waals surface area contributed by atoms with E-state index in [0.717, 1.165) is 25.7 Å². The van der Waals surface area contributed by atoms with Crippen molar-refractivity contribution < 1.29 is 11.0 Å². The van der Waals surface area contributed by atoms with E-state index in [2.05, 4.69) is 53.0 Å². The van der Waals surface area contributed by atoms with Crippen molar-refractivity contribution in [3.8, 4) is 0 Å². The molecule has 0 saturated heterocycles. The van der Waals surface area contributed by atoms with E-state index in [1.54, 1.807) is 0 Å². The molecule has 3 nitrogen and oxygen atoms in total. The van der Waals surface area contributed by atoms with Crippen LogP contribution in [0.2, 0.25) is 19.8 Å². The molecule has 264 valence electrons. The van der Waals surface area contributed by atoms with E-state index in [1.807, 2.05) is 4.94 Å². The molecule has 0 aliphatic heterocycles. The van der Waals surface area contributed by atoms with Crippen LogP contribution in [0.3, 0.4) is 0 Å². The fourth-order valence-electron chi connectivity index (χ4n) is 6.07. The number of unbranched alkanes of at least 4 members (excludes halogenated alkanes) is 22. The molecule has 0 aromatic heterocycles. The molecule has 0 saturated carbocycles. The maximum atomic E-state index is 13.4. The van der Waals surface area contributed by atoms with Crippen molar-refractivity contribution in [1.29, 1.82) is 0 Å². The normalized spacial score (nSPS) is 12.6. The van der Waals surface area contributed by atoms with E-state index in [4.69, 9.17) is 1.41 Å². The topological polar surface area (TPSA) is 43.4 Å². The summed E-state index contributed by atoms with van der Waals surface area (Å²) in [7, 11) is 0. The molecule has 0 atom stereocenters. The van der Waals surface area contributed by atoms with Crippen LogP contribution in [0.15, 0.2) is 24.3 Å². The van der Waals surface area contributed by atoms with Crippen molar-refractivity contribution in [2.24, 2.45) is 0 Å². The Labute approximate surface area is 291 Å². The van der Waals surface area contributed by atoms with Crippen LogP contribution in [0.4, 0.5) is 0 Å². The van der Waals surface area contributed by atoms with E-state index in [9.17, 15) is 9.59 Å². The Balaban J connectivity index is 4.12. The number of hydrogen-bond donors (Lipinski definition) is 0. The summed E-state index contributed by atoms with van der Waals surface area (Å²) in [6.45, 7) is 4.55. The molecule has 0 radical (unpaired) electrons. The van der Waals surface area contributed by atoms with Crippen LogP contribution in [0.1, 0.15) is 194 Å². The minimum atomic E-state index is -3.92. The summed E-state index contributed by atoms with van der Waals surface area (Å²) in [5, 5.41) is 0. The second kappa shape index (κ2) is 31.6. The zero-order chi connectivity index (χ0) is 33.5. The third-order valence-electron chi connectivity index (χ3n) is 8.91. The van der Waals surface area contributed by atoms with E-state index in [1.165, 1.54) is 141 Å². The van der Waals surface area contributed by atoms with Gasteiger partial charge in [0.05, 0.1) is 0 Å². The predicted octanol–water partition coefficient (Wildman–Crippen LogP) is 13.7. The first kappa shape index (κ1) is 45.4. The predicted molar refractivity (Wildman–Crippen MR) is 205 cm³/mol. The van der Waals surface area contributed by atoms with Gasteiger partial charge in [0.1, 0.15) is 0 Å². The van der Waals surface area contributed by atoms with Crippen molar-refractivity contribution in [3.05, 3.63) is 24.3 Å². The summed E-state index contributed by atoms with van der Waals surface area (Å²) < 4.78 is 7.06. The van der Waals surface area contributed by atoms with Crippen LogP contribution in [-0.2, 0) is 11.0 Å². The van der Waals surface area contributed by atoms with Gasteiger partial charge in [-0.3, -0.25) is 0 Å². The summed E-state index contributed by atoms with van der Waals surface area (Å²) in [6.07, 6.45) is 43.2. The van der Waals surface area contributed by atoms with Crippen LogP contribution in [-0.4, -0.2) is 45.2 Å². The van der Waals surface area contributed by atoms with Crippen LogP contribution >= 0.6 is 0 Å². The van der Waals surface area contributed by atoms with Crippen molar-refractivity contribution in [2.75, 3.05) is 0 Å². The second-order valence-electron chi connectivity index (χ2n) is 14.8. The minimum Gasteiger partial charge on any atom is -0.0654 e. The molecule has 0 aliphatic rings. The van der Waals surface area contributed by atoms with Gasteiger partial charge in [-0.05, 0) is 0 Å². The molecule has 0 aromatic carbocycles. The minimum absolute atomic E-state index is 0.228. The SMILES string of the molecule is CCCCCCCC/C=C\CCCCCCC[C](=O)[Sn]([CH3])([O][Sn]([CH3])([CH3])[CH3])[C](=O)CCCCCCC/C=C\CCCCCCCC. The Hall–Kier alpha value is 0.377. The molecule has 0 fully saturated rings. The summed E-state index contributed by atoms with van der Waals surface area (Å²) in [6, 6.07) is 0. The van der Waals surface area contributed by atoms with Gasteiger partial charge in [0, 0.05) is 0 Å². The van der Waals surface area contributed by atoms with Gasteiger partial charge in [-0.2, -0.15) is 0 Å². The number of hydrogen-bond acceptors (Lipinski definition) is 3. The van der Waals surface area contributed by atoms with Crippen molar-refractivity contribution >= 4 is 45.2 Å². The van der Waals surface area contributed by atoms with Crippen molar-refractivity contribution in [3.63, 3.8) is 0 Å². The summed E-state index contributed by atoms with van der Waals surface area (Å²) in [5.41, 5.74) is 0. The second-order valence-corrected chi connectivity index (χ2v) is 40.4. The van der Waals surface area contributed by atoms with Gasteiger partial charge in [0.25, 0.3) is 0 Å². The number of carbonyl (C=O) groups is 2. The van der Waals surface area contributed by atoms with Gasteiger partial charge in [-0.15, -0.1) is 0 Å². The van der Waals surface area contributed by atoms with E-state index < -0.39 is 37.6 Å². The van der Waals surface area contributed by atoms with Gasteiger partial charge in [-0.1, -0.05) is 78.1 Å². The molecule has 5 heteroatoms. The van der Waals surface area contributed by atoms with E-state index in [0.29, 0.717) is 12.8 Å². The van der Waals surface area contributed by atoms with Crippen LogP contribution in [0.5, 0.6) is 0 Å². The molecule has 0 unspecified atom stereocenters. The van der Waals surface area contributed by atoms with Gasteiger partial charge in [0.2, 0.25) is 0 Å². The number of rotatable bonds is 34. The average Bonchev–Trinajstić information content (AvgIpc) is 2.99. The quantitative estimate of drug-likeness (QED) is 0.0368. The molecule has 0 heterocycles. The number of carbonyl (C=O) groups excluding carboxylic acids is 2. The Morgan fingerprint density at radius 3 is 0.978 bits per heavy atom. The van der Waals surface area contributed by atoms with Gasteiger partial charge < -0.3 is 0 Å². The maximum absolute atomic E-state index is 13.4. The molecule has 0 aliphatic carbocycles. The molecule has 0 bridgehead atoms. The monoisotopic (exact) mass is 846 g/mol. The van der Waals surface area contributed by atoms with Gasteiger partial charge in [0.15, 0.2) is 0 Å². The standard InChI is InChI=1S/2C18H33O.4CH3.O.2Sn/c2*1-2-3-4-5-6-7-8-9-10-11-12-13-14-15-16-17-18-19;;;;;;;/h2*9-10H,2-8,11-17H2,1H3;4*1H3;;;/b2*10-9-;;;;;;;. The zero-order valence-electron chi connectivity index (χ0n) is 31.3. The molecule has 0 aromatic rings. The van der Waals surface area contributed by atoms with Gasteiger partial charge in [-0.25, -0.2) is 0 Å². The Morgan fingerprint density at radius 2 is 0.689 bits per heavy atom. The third kappa shape index (κ3) is 29.0. The first-order chi connectivity index (χ1) is 21.7. The first-order valence-electron chi connectivity index (χ1n) is 19.7. The molecular weight excluding hydrogens is 766 g/mol. The van der Waals surface area contributed by atoms with Crippen molar-refractivity contribution in [2.45, 2.75) is 213 Å². The Kier molecular flexibility index (Phi) is 31.9. The third-order valence-corrected chi connectivity index (χ3v) is 38.9. The smallest absolute Gasteiger partial charge is 0.0654 e. The Bertz CT molecular complexity index is 701. The molecule has 0 rings (SSSR count).